The minimum absolute atomic E-state index is 0.0771. The Balaban J connectivity index is 2.08. The number of hydrogen-bond donors (Lipinski definition) is 0. The zero-order valence-corrected chi connectivity index (χ0v) is 11.8. The van der Waals surface area contributed by atoms with Crippen molar-refractivity contribution in [3.05, 3.63) is 45.2 Å². The molecule has 100 valence electrons. The molecule has 2 rings (SSSR count). The van der Waals surface area contributed by atoms with Crippen molar-refractivity contribution < 1.29 is 13.9 Å². The maximum Gasteiger partial charge on any atom is 0.162 e. The van der Waals surface area contributed by atoms with E-state index in [4.69, 9.17) is 4.74 Å². The van der Waals surface area contributed by atoms with Gasteiger partial charge in [0.1, 0.15) is 23.2 Å². The van der Waals surface area contributed by atoms with Gasteiger partial charge >= 0.3 is 0 Å². The summed E-state index contributed by atoms with van der Waals surface area (Å²) in [5.41, 5.74) is 1.06. The van der Waals surface area contributed by atoms with Gasteiger partial charge in [-0.2, -0.15) is 0 Å². The summed E-state index contributed by atoms with van der Waals surface area (Å²) in [4.78, 5) is 16.6. The van der Waals surface area contributed by atoms with Crippen LogP contribution in [0.5, 0.6) is 5.75 Å². The summed E-state index contributed by atoms with van der Waals surface area (Å²) in [7, 11) is 0. The van der Waals surface area contributed by atoms with Crippen molar-refractivity contribution in [3.63, 3.8) is 0 Å². The number of rotatable bonds is 4. The van der Waals surface area contributed by atoms with E-state index in [-0.39, 0.29) is 11.3 Å². The van der Waals surface area contributed by atoms with Crippen LogP contribution >= 0.6 is 11.3 Å². The van der Waals surface area contributed by atoms with Crippen LogP contribution in [0.3, 0.4) is 0 Å². The van der Waals surface area contributed by atoms with Crippen LogP contribution in [-0.4, -0.2) is 10.8 Å². The molecule has 2 aromatic rings. The molecule has 0 aliphatic rings. The number of aryl methyl sites for hydroxylation is 2. The zero-order valence-electron chi connectivity index (χ0n) is 11.0. The Morgan fingerprint density at radius 2 is 2.16 bits per heavy atom. The molecular weight excluding hydrogens is 265 g/mol. The first-order chi connectivity index (χ1) is 8.97. The average molecular weight is 279 g/mol. The Labute approximate surface area is 115 Å². The molecule has 0 N–H and O–H groups in total. The molecule has 1 heterocycles. The number of ketones is 1. The zero-order chi connectivity index (χ0) is 14.0. The van der Waals surface area contributed by atoms with E-state index in [9.17, 15) is 9.18 Å². The first-order valence-electron chi connectivity index (χ1n) is 5.83. The van der Waals surface area contributed by atoms with Crippen LogP contribution in [-0.2, 0) is 6.61 Å². The third-order valence-corrected chi connectivity index (χ3v) is 3.80. The topological polar surface area (TPSA) is 39.2 Å². The van der Waals surface area contributed by atoms with Gasteiger partial charge in [-0.05, 0) is 32.9 Å². The summed E-state index contributed by atoms with van der Waals surface area (Å²) in [6.45, 7) is 5.58. The lowest BCUT2D eigenvalue weighted by molar-refractivity contribution is 0.101. The number of halogens is 1. The predicted molar refractivity (Wildman–Crippen MR) is 72.3 cm³/mol. The fourth-order valence-corrected chi connectivity index (χ4v) is 2.46. The number of hydrogen-bond acceptors (Lipinski definition) is 4. The van der Waals surface area contributed by atoms with E-state index < -0.39 is 5.82 Å². The van der Waals surface area contributed by atoms with Gasteiger partial charge in [-0.1, -0.05) is 0 Å². The Kier molecular flexibility index (Phi) is 3.95. The molecule has 1 aromatic carbocycles. The highest BCUT2D eigenvalue weighted by Crippen LogP contribution is 2.21. The van der Waals surface area contributed by atoms with Crippen LogP contribution in [0.1, 0.15) is 32.9 Å². The molecule has 0 saturated carbocycles. The quantitative estimate of drug-likeness (QED) is 0.801. The third kappa shape index (κ3) is 3.17. The molecule has 0 fully saturated rings. The second-order valence-corrected chi connectivity index (χ2v) is 5.52. The lowest BCUT2D eigenvalue weighted by atomic mass is 10.1. The largest absolute Gasteiger partial charge is 0.486 e. The molecule has 0 unspecified atom stereocenters. The predicted octanol–water partition coefficient (Wildman–Crippen LogP) is 3.68. The molecule has 0 spiro atoms. The van der Waals surface area contributed by atoms with E-state index in [0.717, 1.165) is 15.6 Å². The average Bonchev–Trinajstić information content (AvgIpc) is 2.66. The van der Waals surface area contributed by atoms with Crippen molar-refractivity contribution in [1.82, 2.24) is 4.98 Å². The Morgan fingerprint density at radius 3 is 2.68 bits per heavy atom. The fourth-order valence-electron chi connectivity index (χ4n) is 1.62. The van der Waals surface area contributed by atoms with Crippen molar-refractivity contribution >= 4 is 17.1 Å². The molecule has 0 bridgehead atoms. The van der Waals surface area contributed by atoms with E-state index >= 15 is 0 Å². The second-order valence-electron chi connectivity index (χ2n) is 4.24. The number of thiazole rings is 1. The fraction of sp³-hybridized carbons (Fsp3) is 0.286. The minimum atomic E-state index is -0.559. The van der Waals surface area contributed by atoms with Gasteiger partial charge in [0.2, 0.25) is 0 Å². The number of aromatic nitrogens is 1. The smallest absolute Gasteiger partial charge is 0.162 e. The van der Waals surface area contributed by atoms with E-state index in [1.54, 1.807) is 17.4 Å². The van der Waals surface area contributed by atoms with Gasteiger partial charge in [-0.3, -0.25) is 4.79 Å². The van der Waals surface area contributed by atoms with Gasteiger partial charge in [0.25, 0.3) is 0 Å². The lowest BCUT2D eigenvalue weighted by Crippen LogP contribution is -1.99. The molecule has 0 saturated heterocycles. The Hall–Kier alpha value is -1.75. The number of ether oxygens (including phenoxy) is 1. The van der Waals surface area contributed by atoms with Crippen LogP contribution in [0, 0.1) is 19.7 Å². The van der Waals surface area contributed by atoms with Crippen molar-refractivity contribution in [1.29, 1.82) is 0 Å². The molecule has 3 nitrogen and oxygen atoms in total. The van der Waals surface area contributed by atoms with Crippen LogP contribution in [0.4, 0.5) is 4.39 Å². The molecule has 19 heavy (non-hydrogen) atoms. The second kappa shape index (κ2) is 5.48. The van der Waals surface area contributed by atoms with Crippen LogP contribution < -0.4 is 4.74 Å². The molecule has 0 aliphatic carbocycles. The standard InChI is InChI=1S/C14H14FNO2S/c1-8-10(3)19-14(16-8)7-18-11-4-5-12(9(2)17)13(15)6-11/h4-6H,7H2,1-3H3. The maximum absolute atomic E-state index is 13.6. The molecule has 0 aliphatic heterocycles. The summed E-state index contributed by atoms with van der Waals surface area (Å²) in [6.07, 6.45) is 0. The van der Waals surface area contributed by atoms with Gasteiger partial charge in [0.05, 0.1) is 11.3 Å². The molecule has 0 atom stereocenters. The van der Waals surface area contributed by atoms with Crippen LogP contribution in [0.25, 0.3) is 0 Å². The third-order valence-electron chi connectivity index (χ3n) is 2.75. The van der Waals surface area contributed by atoms with Crippen molar-refractivity contribution in [2.24, 2.45) is 0 Å². The van der Waals surface area contributed by atoms with E-state index in [1.807, 2.05) is 13.8 Å². The van der Waals surface area contributed by atoms with Crippen molar-refractivity contribution in [3.8, 4) is 5.75 Å². The number of carbonyl (C=O) groups excluding carboxylic acids is 1. The normalized spacial score (nSPS) is 10.5. The van der Waals surface area contributed by atoms with Gasteiger partial charge in [0.15, 0.2) is 5.78 Å². The highest BCUT2D eigenvalue weighted by molar-refractivity contribution is 7.11. The lowest BCUT2D eigenvalue weighted by Gasteiger charge is -2.05. The van der Waals surface area contributed by atoms with Gasteiger partial charge in [0, 0.05) is 10.9 Å². The number of Topliss-reactive ketones (excluding diaryl/α,β-unsaturated/α-hetero) is 1. The summed E-state index contributed by atoms with van der Waals surface area (Å²) in [5, 5.41) is 0.853. The Morgan fingerprint density at radius 1 is 1.42 bits per heavy atom. The maximum atomic E-state index is 13.6. The Bertz CT molecular complexity index is 602. The first kappa shape index (κ1) is 13.7. The van der Waals surface area contributed by atoms with Crippen LogP contribution in [0.15, 0.2) is 18.2 Å². The number of benzene rings is 1. The SMILES string of the molecule is CC(=O)c1ccc(OCc2nc(C)c(C)s2)cc1F. The first-order valence-corrected chi connectivity index (χ1v) is 6.65. The molecule has 0 amide bonds. The van der Waals surface area contributed by atoms with Crippen molar-refractivity contribution in [2.45, 2.75) is 27.4 Å². The van der Waals surface area contributed by atoms with E-state index in [1.165, 1.54) is 19.1 Å². The molecular formula is C14H14FNO2S. The molecule has 5 heteroatoms. The highest BCUT2D eigenvalue weighted by atomic mass is 32.1. The number of carbonyl (C=O) groups is 1. The van der Waals surface area contributed by atoms with Crippen LogP contribution in [0.2, 0.25) is 0 Å². The molecule has 1 aromatic heterocycles. The summed E-state index contributed by atoms with van der Waals surface area (Å²) in [6, 6.07) is 4.25. The van der Waals surface area contributed by atoms with Gasteiger partial charge < -0.3 is 4.74 Å². The highest BCUT2D eigenvalue weighted by Gasteiger charge is 2.09. The van der Waals surface area contributed by atoms with Gasteiger partial charge in [-0.15, -0.1) is 11.3 Å². The summed E-state index contributed by atoms with van der Waals surface area (Å²) in [5.74, 6) is -0.459. The monoisotopic (exact) mass is 279 g/mol. The van der Waals surface area contributed by atoms with E-state index in [2.05, 4.69) is 4.98 Å². The number of nitrogens with zero attached hydrogens (tertiary/aromatic N) is 1. The minimum Gasteiger partial charge on any atom is -0.486 e. The molecule has 0 radical (unpaired) electrons. The van der Waals surface area contributed by atoms with E-state index in [0.29, 0.717) is 12.4 Å². The van der Waals surface area contributed by atoms with Crippen molar-refractivity contribution in [2.75, 3.05) is 0 Å². The summed E-state index contributed by atoms with van der Waals surface area (Å²) < 4.78 is 19.1. The van der Waals surface area contributed by atoms with Gasteiger partial charge in [-0.25, -0.2) is 9.37 Å². The summed E-state index contributed by atoms with van der Waals surface area (Å²) >= 11 is 1.56.